The lowest BCUT2D eigenvalue weighted by Crippen LogP contribution is -1.95. The normalized spacial score (nSPS) is 12.6. The summed E-state index contributed by atoms with van der Waals surface area (Å²) in [6.45, 7) is 0. The van der Waals surface area contributed by atoms with E-state index in [-0.39, 0.29) is 0 Å². The van der Waals surface area contributed by atoms with Gasteiger partial charge in [0.1, 0.15) is 0 Å². The number of thiophene rings is 1. The van der Waals surface area contributed by atoms with Crippen LogP contribution in [0.2, 0.25) is 0 Å². The Balaban J connectivity index is 1.15. The average molecular weight is 678 g/mol. The van der Waals surface area contributed by atoms with E-state index in [9.17, 15) is 0 Å². The van der Waals surface area contributed by atoms with Crippen molar-refractivity contribution in [2.45, 2.75) is 0 Å². The molecule has 13 aromatic rings. The molecule has 0 saturated heterocycles. The van der Waals surface area contributed by atoms with Gasteiger partial charge in [0.15, 0.2) is 0 Å². The van der Waals surface area contributed by atoms with Gasteiger partial charge in [-0.05, 0) is 54.6 Å². The van der Waals surface area contributed by atoms with E-state index < -0.39 is 0 Å². The molecule has 0 N–H and O–H groups in total. The Kier molecular flexibility index (Phi) is 5.00. The summed E-state index contributed by atoms with van der Waals surface area (Å²) in [5.74, 6) is 0. The van der Waals surface area contributed by atoms with Crippen molar-refractivity contribution in [2.75, 3.05) is 0 Å². The number of hydrogen-bond acceptors (Lipinski definition) is 1. The highest BCUT2D eigenvalue weighted by atomic mass is 32.1. The molecule has 5 aromatic heterocycles. The first-order chi connectivity index (χ1) is 25.8. The van der Waals surface area contributed by atoms with Gasteiger partial charge in [-0.2, -0.15) is 0 Å². The van der Waals surface area contributed by atoms with E-state index in [1.54, 1.807) is 0 Å². The number of hydrogen-bond donors (Lipinski definition) is 0. The highest BCUT2D eigenvalue weighted by Gasteiger charge is 2.23. The Hall–Kier alpha value is -6.62. The summed E-state index contributed by atoms with van der Waals surface area (Å²) in [6.07, 6.45) is 0. The van der Waals surface area contributed by atoms with E-state index in [0.29, 0.717) is 0 Å². The van der Waals surface area contributed by atoms with Crippen LogP contribution >= 0.6 is 11.3 Å². The minimum Gasteiger partial charge on any atom is -0.309 e. The van der Waals surface area contributed by atoms with E-state index in [1.807, 2.05) is 11.3 Å². The van der Waals surface area contributed by atoms with E-state index >= 15 is 0 Å². The van der Waals surface area contributed by atoms with Gasteiger partial charge in [0.2, 0.25) is 0 Å². The summed E-state index contributed by atoms with van der Waals surface area (Å²) < 4.78 is 10.1. The summed E-state index contributed by atoms with van der Waals surface area (Å²) >= 11 is 1.89. The van der Waals surface area contributed by atoms with Crippen LogP contribution in [0.3, 0.4) is 0 Å². The van der Waals surface area contributed by atoms with Crippen molar-refractivity contribution >= 4 is 113 Å². The second kappa shape index (κ2) is 9.58. The molecular formula is C48H27N3S. The van der Waals surface area contributed by atoms with Gasteiger partial charge in [-0.1, -0.05) is 109 Å². The van der Waals surface area contributed by atoms with Crippen molar-refractivity contribution in [2.24, 2.45) is 0 Å². The molecule has 8 aromatic carbocycles. The molecule has 0 atom stereocenters. The fourth-order valence-corrected chi connectivity index (χ4v) is 10.7. The molecule has 0 bridgehead atoms. The fourth-order valence-electron chi connectivity index (χ4n) is 9.52. The zero-order valence-corrected chi connectivity index (χ0v) is 28.7. The summed E-state index contributed by atoms with van der Waals surface area (Å²) in [5, 5.41) is 13.0. The second-order valence-corrected chi connectivity index (χ2v) is 15.1. The van der Waals surface area contributed by atoms with Crippen molar-refractivity contribution in [3.05, 3.63) is 164 Å². The zero-order chi connectivity index (χ0) is 33.7. The molecular weight excluding hydrogens is 651 g/mol. The number of fused-ring (bicyclic) bond motifs is 16. The van der Waals surface area contributed by atoms with Crippen LogP contribution in [-0.4, -0.2) is 13.5 Å². The molecule has 5 heterocycles. The van der Waals surface area contributed by atoms with E-state index in [0.717, 1.165) is 0 Å². The van der Waals surface area contributed by atoms with Crippen LogP contribution in [0.15, 0.2) is 164 Å². The Bertz CT molecular complexity index is 3640. The second-order valence-electron chi connectivity index (χ2n) is 14.1. The fraction of sp³-hybridized carbons (Fsp3) is 0. The molecule has 0 spiro atoms. The first-order valence-corrected chi connectivity index (χ1v) is 18.7. The van der Waals surface area contributed by atoms with Gasteiger partial charge >= 0.3 is 0 Å². The maximum atomic E-state index is 2.50. The Labute approximate surface area is 300 Å². The molecule has 0 aliphatic rings. The number of benzene rings is 8. The predicted octanol–water partition coefficient (Wildman–Crippen LogP) is 13.4. The van der Waals surface area contributed by atoms with Crippen LogP contribution in [0.25, 0.3) is 113 Å². The van der Waals surface area contributed by atoms with Crippen molar-refractivity contribution in [1.29, 1.82) is 0 Å². The van der Waals surface area contributed by atoms with Gasteiger partial charge in [0.05, 0.1) is 49.0 Å². The average Bonchev–Trinajstić information content (AvgIpc) is 3.99. The number of para-hydroxylation sites is 4. The third kappa shape index (κ3) is 3.23. The van der Waals surface area contributed by atoms with E-state index in [2.05, 4.69) is 177 Å². The van der Waals surface area contributed by atoms with Crippen LogP contribution < -0.4 is 0 Å². The predicted molar refractivity (Wildman–Crippen MR) is 223 cm³/mol. The van der Waals surface area contributed by atoms with Crippen LogP contribution in [0.5, 0.6) is 0 Å². The van der Waals surface area contributed by atoms with Crippen LogP contribution in [-0.2, 0) is 0 Å². The minimum absolute atomic E-state index is 1.17. The third-order valence-corrected chi connectivity index (χ3v) is 12.8. The number of aromatic nitrogens is 3. The Morgan fingerprint density at radius 3 is 1.67 bits per heavy atom. The summed E-state index contributed by atoms with van der Waals surface area (Å²) in [7, 11) is 0. The molecule has 52 heavy (non-hydrogen) atoms. The maximum Gasteiger partial charge on any atom is 0.0640 e. The standard InChI is InChI=1S/C48H27N3S/c1-5-18-37-29(11-1)32-15-9-16-33-30-24-23-28(27-43(30)51(37)47(32)33)49-38-19-6-2-13-35(38)45-40(49)25-26-41-46(45)36-14-3-7-20-39(36)50(41)42-21-10-17-34-31-12-4-8-22-44(31)52-48(34)42/h1-27H. The summed E-state index contributed by atoms with van der Waals surface area (Å²) in [6, 6.07) is 60.8. The monoisotopic (exact) mass is 677 g/mol. The quantitative estimate of drug-likeness (QED) is 0.173. The first kappa shape index (κ1) is 27.1. The van der Waals surface area contributed by atoms with Crippen molar-refractivity contribution in [3.63, 3.8) is 0 Å². The molecule has 0 fully saturated rings. The molecule has 0 aliphatic heterocycles. The lowest BCUT2D eigenvalue weighted by atomic mass is 10.1. The van der Waals surface area contributed by atoms with Crippen molar-refractivity contribution in [3.8, 4) is 11.4 Å². The lowest BCUT2D eigenvalue weighted by Gasteiger charge is -2.11. The van der Waals surface area contributed by atoms with Gasteiger partial charge in [0.25, 0.3) is 0 Å². The molecule has 0 amide bonds. The largest absolute Gasteiger partial charge is 0.309 e. The molecule has 0 radical (unpaired) electrons. The molecule has 0 saturated carbocycles. The maximum absolute atomic E-state index is 2.50. The van der Waals surface area contributed by atoms with Gasteiger partial charge in [-0.3, -0.25) is 0 Å². The van der Waals surface area contributed by atoms with Crippen molar-refractivity contribution < 1.29 is 0 Å². The van der Waals surface area contributed by atoms with E-state index in [1.165, 1.54) is 113 Å². The summed E-state index contributed by atoms with van der Waals surface area (Å²) in [4.78, 5) is 0. The minimum atomic E-state index is 1.17. The SMILES string of the molecule is c1ccc2c(c1)sc1c(-n3c4ccccc4c4c5c6ccccc6n(-c6ccc7c8cccc9c%10ccccc%10n(c7c6)c98)c5ccc43)cccc12. The zero-order valence-electron chi connectivity index (χ0n) is 27.8. The highest BCUT2D eigenvalue weighted by Crippen LogP contribution is 2.46. The topological polar surface area (TPSA) is 14.3 Å². The number of nitrogens with zero attached hydrogens (tertiary/aromatic N) is 3. The Morgan fingerprint density at radius 2 is 0.904 bits per heavy atom. The van der Waals surface area contributed by atoms with Crippen LogP contribution in [0.4, 0.5) is 0 Å². The van der Waals surface area contributed by atoms with Gasteiger partial charge < -0.3 is 13.5 Å². The van der Waals surface area contributed by atoms with Crippen LogP contribution in [0.1, 0.15) is 0 Å². The van der Waals surface area contributed by atoms with E-state index in [4.69, 9.17) is 0 Å². The molecule has 3 nitrogen and oxygen atoms in total. The van der Waals surface area contributed by atoms with Gasteiger partial charge in [0, 0.05) is 64.2 Å². The third-order valence-electron chi connectivity index (χ3n) is 11.6. The van der Waals surface area contributed by atoms with Gasteiger partial charge in [-0.25, -0.2) is 0 Å². The summed E-state index contributed by atoms with van der Waals surface area (Å²) in [5.41, 5.74) is 11.1. The first-order valence-electron chi connectivity index (χ1n) is 17.9. The van der Waals surface area contributed by atoms with Crippen LogP contribution in [0, 0.1) is 0 Å². The smallest absolute Gasteiger partial charge is 0.0640 e. The molecule has 13 rings (SSSR count). The Morgan fingerprint density at radius 1 is 0.346 bits per heavy atom. The molecule has 240 valence electrons. The lowest BCUT2D eigenvalue weighted by molar-refractivity contribution is 1.18. The highest BCUT2D eigenvalue weighted by molar-refractivity contribution is 7.26. The van der Waals surface area contributed by atoms with Gasteiger partial charge in [-0.15, -0.1) is 11.3 Å². The number of rotatable bonds is 2. The molecule has 0 unspecified atom stereocenters. The molecule has 0 aliphatic carbocycles. The molecule has 4 heteroatoms. The van der Waals surface area contributed by atoms with Crippen molar-refractivity contribution in [1.82, 2.24) is 13.5 Å².